The highest BCUT2D eigenvalue weighted by Crippen LogP contribution is 2.17. The molecule has 0 spiro atoms. The molecule has 6 nitrogen and oxygen atoms in total. The highest BCUT2D eigenvalue weighted by Gasteiger charge is 2.28. The molecule has 1 aromatic carbocycles. The second-order valence-corrected chi connectivity index (χ2v) is 7.99. The topological polar surface area (TPSA) is 70.1 Å². The van der Waals surface area contributed by atoms with Crippen LogP contribution in [-0.4, -0.2) is 74.3 Å². The molecule has 0 bridgehead atoms. The zero-order chi connectivity index (χ0) is 16.9. The van der Waals surface area contributed by atoms with Crippen LogP contribution in [0.15, 0.2) is 35.2 Å². The van der Waals surface area contributed by atoms with Crippen molar-refractivity contribution >= 4 is 10.0 Å². The Hall–Kier alpha value is -0.990. The van der Waals surface area contributed by atoms with Crippen LogP contribution in [0.4, 0.5) is 0 Å². The van der Waals surface area contributed by atoms with Crippen LogP contribution in [0.5, 0.6) is 0 Å². The highest BCUT2D eigenvalue weighted by atomic mass is 32.2. The number of hydrogen-bond donors (Lipinski definition) is 1. The lowest BCUT2D eigenvalue weighted by molar-refractivity contribution is -0.0117. The normalized spacial score (nSPS) is 19.1. The minimum Gasteiger partial charge on any atom is -0.389 e. The quantitative estimate of drug-likeness (QED) is 0.793. The molecule has 23 heavy (non-hydrogen) atoms. The summed E-state index contributed by atoms with van der Waals surface area (Å²) in [6.07, 6.45) is -0.452. The van der Waals surface area contributed by atoms with Crippen LogP contribution >= 0.6 is 0 Å². The van der Waals surface area contributed by atoms with E-state index >= 15 is 0 Å². The fraction of sp³-hybridized carbons (Fsp3) is 0.625. The summed E-state index contributed by atoms with van der Waals surface area (Å²) in [7, 11) is -3.42. The van der Waals surface area contributed by atoms with E-state index in [1.807, 2.05) is 13.8 Å². The minimum absolute atomic E-state index is 0.0949. The second-order valence-electron chi connectivity index (χ2n) is 6.05. The number of rotatable bonds is 7. The second kappa shape index (κ2) is 8.21. The zero-order valence-corrected chi connectivity index (χ0v) is 14.6. The summed E-state index contributed by atoms with van der Waals surface area (Å²) in [5.74, 6) is 0. The van der Waals surface area contributed by atoms with E-state index in [4.69, 9.17) is 4.74 Å². The summed E-state index contributed by atoms with van der Waals surface area (Å²) in [5.41, 5.74) is 0. The average molecular weight is 342 g/mol. The molecule has 0 radical (unpaired) electrons. The maximum Gasteiger partial charge on any atom is 0.243 e. The van der Waals surface area contributed by atoms with Crippen molar-refractivity contribution in [3.8, 4) is 0 Å². The molecule has 0 saturated carbocycles. The Bertz CT molecular complexity index is 569. The lowest BCUT2D eigenvalue weighted by Crippen LogP contribution is -2.50. The SMILES string of the molecule is CC(C)OC[C@@H](O)CN1CCN(S(=O)(=O)c2ccccc2)CC1. The van der Waals surface area contributed by atoms with E-state index in [0.29, 0.717) is 44.2 Å². The van der Waals surface area contributed by atoms with Gasteiger partial charge in [-0.2, -0.15) is 4.31 Å². The molecule has 0 amide bonds. The number of sulfonamides is 1. The van der Waals surface area contributed by atoms with Gasteiger partial charge in [-0.1, -0.05) is 18.2 Å². The number of hydrogen-bond acceptors (Lipinski definition) is 5. The Labute approximate surface area is 138 Å². The first kappa shape index (κ1) is 18.4. The van der Waals surface area contributed by atoms with Crippen molar-refractivity contribution in [1.29, 1.82) is 0 Å². The average Bonchev–Trinajstić information content (AvgIpc) is 2.54. The predicted octanol–water partition coefficient (Wildman–Crippen LogP) is 0.779. The van der Waals surface area contributed by atoms with Crippen LogP contribution in [-0.2, 0) is 14.8 Å². The number of ether oxygens (including phenoxy) is 1. The van der Waals surface area contributed by atoms with E-state index < -0.39 is 16.1 Å². The molecule has 1 aliphatic rings. The highest BCUT2D eigenvalue weighted by molar-refractivity contribution is 7.89. The van der Waals surface area contributed by atoms with Crippen LogP contribution in [0, 0.1) is 0 Å². The Morgan fingerprint density at radius 2 is 1.74 bits per heavy atom. The Morgan fingerprint density at radius 3 is 2.30 bits per heavy atom. The molecule has 1 saturated heterocycles. The smallest absolute Gasteiger partial charge is 0.243 e. The lowest BCUT2D eigenvalue weighted by atomic mass is 10.3. The number of aliphatic hydroxyl groups is 1. The molecule has 1 N–H and O–H groups in total. The van der Waals surface area contributed by atoms with Crippen molar-refractivity contribution < 1.29 is 18.3 Å². The summed E-state index contributed by atoms with van der Waals surface area (Å²) >= 11 is 0. The van der Waals surface area contributed by atoms with Gasteiger partial charge in [-0.05, 0) is 26.0 Å². The van der Waals surface area contributed by atoms with Crippen molar-refractivity contribution in [1.82, 2.24) is 9.21 Å². The van der Waals surface area contributed by atoms with E-state index in [2.05, 4.69) is 4.90 Å². The summed E-state index contributed by atoms with van der Waals surface area (Å²) in [5, 5.41) is 9.96. The number of aliphatic hydroxyl groups excluding tert-OH is 1. The molecule has 1 aliphatic heterocycles. The monoisotopic (exact) mass is 342 g/mol. The zero-order valence-electron chi connectivity index (χ0n) is 13.8. The van der Waals surface area contributed by atoms with Gasteiger partial charge in [0.25, 0.3) is 0 Å². The number of nitrogens with zero attached hydrogens (tertiary/aromatic N) is 2. The maximum absolute atomic E-state index is 12.5. The first-order valence-electron chi connectivity index (χ1n) is 7.97. The van der Waals surface area contributed by atoms with E-state index in [-0.39, 0.29) is 6.10 Å². The molecule has 2 rings (SSSR count). The molecule has 1 aromatic rings. The fourth-order valence-electron chi connectivity index (χ4n) is 2.55. The summed E-state index contributed by atoms with van der Waals surface area (Å²) in [6, 6.07) is 8.50. The van der Waals surface area contributed by atoms with Gasteiger partial charge in [-0.3, -0.25) is 4.90 Å². The van der Waals surface area contributed by atoms with Crippen molar-refractivity contribution in [2.24, 2.45) is 0 Å². The molecule has 130 valence electrons. The largest absolute Gasteiger partial charge is 0.389 e. The molecule has 1 atom stereocenters. The minimum atomic E-state index is -3.42. The Morgan fingerprint density at radius 1 is 1.13 bits per heavy atom. The number of benzene rings is 1. The molecule has 1 fully saturated rings. The molecule has 7 heteroatoms. The van der Waals surface area contributed by atoms with Crippen LogP contribution < -0.4 is 0 Å². The van der Waals surface area contributed by atoms with Gasteiger partial charge < -0.3 is 9.84 Å². The Kier molecular flexibility index (Phi) is 6.55. The van der Waals surface area contributed by atoms with E-state index in [1.54, 1.807) is 30.3 Å². The number of β-amino-alcohol motifs (C(OH)–C–C–N with tert-alkyl or cyclic N) is 1. The van der Waals surface area contributed by atoms with Crippen molar-refractivity contribution in [3.63, 3.8) is 0 Å². The summed E-state index contributed by atoms with van der Waals surface area (Å²) in [6.45, 7) is 6.78. The Balaban J connectivity index is 1.84. The molecule has 1 heterocycles. The van der Waals surface area contributed by atoms with Crippen LogP contribution in [0.25, 0.3) is 0 Å². The van der Waals surface area contributed by atoms with Crippen molar-refractivity contribution in [2.45, 2.75) is 31.0 Å². The van der Waals surface area contributed by atoms with Crippen LogP contribution in [0.2, 0.25) is 0 Å². The first-order chi connectivity index (χ1) is 10.9. The van der Waals surface area contributed by atoms with Gasteiger partial charge in [0.2, 0.25) is 10.0 Å². The third-order valence-electron chi connectivity index (χ3n) is 3.80. The van der Waals surface area contributed by atoms with Gasteiger partial charge in [0, 0.05) is 32.7 Å². The standard InChI is InChI=1S/C16H26N2O4S/c1-14(2)22-13-15(19)12-17-8-10-18(11-9-17)23(20,21)16-6-4-3-5-7-16/h3-7,14-15,19H,8-13H2,1-2H3/t15-/m0/s1. The van der Waals surface area contributed by atoms with E-state index in [0.717, 1.165) is 0 Å². The van der Waals surface area contributed by atoms with Crippen LogP contribution in [0.3, 0.4) is 0 Å². The first-order valence-corrected chi connectivity index (χ1v) is 9.41. The summed E-state index contributed by atoms with van der Waals surface area (Å²) in [4.78, 5) is 2.41. The van der Waals surface area contributed by atoms with Crippen molar-refractivity contribution in [3.05, 3.63) is 30.3 Å². The molecule has 0 aromatic heterocycles. The van der Waals surface area contributed by atoms with Gasteiger partial charge in [-0.25, -0.2) is 8.42 Å². The van der Waals surface area contributed by atoms with Crippen LogP contribution in [0.1, 0.15) is 13.8 Å². The van der Waals surface area contributed by atoms with Gasteiger partial charge in [0.05, 0.1) is 23.7 Å². The maximum atomic E-state index is 12.5. The van der Waals surface area contributed by atoms with Gasteiger partial charge in [-0.15, -0.1) is 0 Å². The van der Waals surface area contributed by atoms with Gasteiger partial charge in [0.1, 0.15) is 0 Å². The molecule has 0 unspecified atom stereocenters. The molecule has 0 aliphatic carbocycles. The third-order valence-corrected chi connectivity index (χ3v) is 5.72. The third kappa shape index (κ3) is 5.26. The predicted molar refractivity (Wildman–Crippen MR) is 88.7 cm³/mol. The fourth-order valence-corrected chi connectivity index (χ4v) is 3.99. The summed E-state index contributed by atoms with van der Waals surface area (Å²) < 4.78 is 32.0. The van der Waals surface area contributed by atoms with E-state index in [1.165, 1.54) is 4.31 Å². The van der Waals surface area contributed by atoms with E-state index in [9.17, 15) is 13.5 Å². The molecular formula is C16H26N2O4S. The van der Waals surface area contributed by atoms with Gasteiger partial charge >= 0.3 is 0 Å². The number of piperazine rings is 1. The molecular weight excluding hydrogens is 316 g/mol. The van der Waals surface area contributed by atoms with Crippen molar-refractivity contribution in [2.75, 3.05) is 39.3 Å². The van der Waals surface area contributed by atoms with Gasteiger partial charge in [0.15, 0.2) is 0 Å². The lowest BCUT2D eigenvalue weighted by Gasteiger charge is -2.34.